The molecule has 0 radical (unpaired) electrons. The van der Waals surface area contributed by atoms with Crippen LogP contribution in [-0.4, -0.2) is 31.4 Å². The van der Waals surface area contributed by atoms with Crippen LogP contribution in [0.2, 0.25) is 5.02 Å². The Kier molecular flexibility index (Phi) is 6.64. The summed E-state index contributed by atoms with van der Waals surface area (Å²) in [6.45, 7) is 2.46. The van der Waals surface area contributed by atoms with Crippen molar-refractivity contribution in [1.82, 2.24) is 25.1 Å². The third-order valence-electron chi connectivity index (χ3n) is 4.58. The molecule has 156 valence electrons. The molecule has 0 aliphatic carbocycles. The van der Waals surface area contributed by atoms with E-state index in [0.29, 0.717) is 22.5 Å². The van der Waals surface area contributed by atoms with Crippen LogP contribution >= 0.6 is 23.4 Å². The number of benzene rings is 2. The van der Waals surface area contributed by atoms with E-state index >= 15 is 0 Å². The van der Waals surface area contributed by atoms with Crippen molar-refractivity contribution in [3.63, 3.8) is 0 Å². The van der Waals surface area contributed by atoms with Crippen LogP contribution in [0.25, 0.3) is 17.1 Å². The number of nitrogens with zero attached hydrogens (tertiary/aromatic N) is 4. The number of aromatic nitrogens is 4. The molecule has 1 amide bonds. The number of hydrogen-bond donors (Lipinski definition) is 1. The zero-order chi connectivity index (χ0) is 21.6. The molecule has 0 spiro atoms. The first kappa shape index (κ1) is 21.1. The van der Waals surface area contributed by atoms with Crippen LogP contribution in [0.1, 0.15) is 11.1 Å². The molecule has 31 heavy (non-hydrogen) atoms. The summed E-state index contributed by atoms with van der Waals surface area (Å²) in [6.07, 6.45) is 3.44. The van der Waals surface area contributed by atoms with Crippen LogP contribution in [-0.2, 0) is 11.3 Å². The van der Waals surface area contributed by atoms with E-state index in [1.165, 1.54) is 11.8 Å². The van der Waals surface area contributed by atoms with Gasteiger partial charge in [0.15, 0.2) is 11.0 Å². The molecule has 2 aromatic carbocycles. The first-order valence-corrected chi connectivity index (χ1v) is 11.0. The maximum atomic E-state index is 12.4. The highest BCUT2D eigenvalue weighted by Gasteiger charge is 2.17. The number of nitrogens with one attached hydrogen (secondary N) is 1. The van der Waals surface area contributed by atoms with Crippen molar-refractivity contribution < 1.29 is 4.79 Å². The van der Waals surface area contributed by atoms with E-state index in [-0.39, 0.29) is 11.7 Å². The fraction of sp³-hybridized carbons (Fsp3) is 0.130. The zero-order valence-corrected chi connectivity index (χ0v) is 18.4. The normalized spacial score (nSPS) is 10.8. The highest BCUT2D eigenvalue weighted by atomic mass is 35.5. The Hall–Kier alpha value is -3.16. The summed E-state index contributed by atoms with van der Waals surface area (Å²) in [6, 6.07) is 19.3. The van der Waals surface area contributed by atoms with E-state index in [0.717, 1.165) is 22.4 Å². The second-order valence-corrected chi connectivity index (χ2v) is 8.29. The first-order valence-electron chi connectivity index (χ1n) is 9.67. The van der Waals surface area contributed by atoms with E-state index in [9.17, 15) is 4.79 Å². The van der Waals surface area contributed by atoms with Crippen LogP contribution in [0.4, 0.5) is 0 Å². The third-order valence-corrected chi connectivity index (χ3v) is 5.74. The average molecular weight is 450 g/mol. The highest BCUT2D eigenvalue weighted by Crippen LogP contribution is 2.27. The van der Waals surface area contributed by atoms with Gasteiger partial charge in [-0.05, 0) is 48.9 Å². The summed E-state index contributed by atoms with van der Waals surface area (Å²) in [5.74, 6) is 0.836. The van der Waals surface area contributed by atoms with Crippen LogP contribution < -0.4 is 5.32 Å². The molecule has 8 heteroatoms. The van der Waals surface area contributed by atoms with E-state index in [1.54, 1.807) is 18.5 Å². The van der Waals surface area contributed by atoms with E-state index in [2.05, 4.69) is 20.5 Å². The van der Waals surface area contributed by atoms with Crippen LogP contribution in [0.5, 0.6) is 0 Å². The number of carbonyl (C=O) groups excluding carboxylic acids is 1. The summed E-state index contributed by atoms with van der Waals surface area (Å²) in [7, 11) is 0. The maximum absolute atomic E-state index is 12.4. The molecule has 4 rings (SSSR count). The SMILES string of the molecule is Cc1ccc(-n2c(SCC(=O)NCc3cccc(Cl)c3)nnc2-c2ccncc2)cc1. The van der Waals surface area contributed by atoms with Gasteiger partial charge in [0.2, 0.25) is 5.91 Å². The Morgan fingerprint density at radius 3 is 2.58 bits per heavy atom. The maximum Gasteiger partial charge on any atom is 0.230 e. The minimum absolute atomic E-state index is 0.0890. The van der Waals surface area contributed by atoms with Gasteiger partial charge in [-0.1, -0.05) is 53.2 Å². The molecule has 0 fully saturated rings. The number of carbonyl (C=O) groups is 1. The number of aryl methyl sites for hydroxylation is 1. The molecule has 0 atom stereocenters. The lowest BCUT2D eigenvalue weighted by Gasteiger charge is -2.11. The van der Waals surface area contributed by atoms with Gasteiger partial charge in [0, 0.05) is 35.2 Å². The number of rotatable bonds is 7. The molecule has 0 aliphatic rings. The van der Waals surface area contributed by atoms with Gasteiger partial charge in [0.25, 0.3) is 0 Å². The van der Waals surface area contributed by atoms with Crippen molar-refractivity contribution in [2.45, 2.75) is 18.6 Å². The second-order valence-electron chi connectivity index (χ2n) is 6.91. The van der Waals surface area contributed by atoms with Gasteiger partial charge < -0.3 is 5.32 Å². The monoisotopic (exact) mass is 449 g/mol. The summed E-state index contributed by atoms with van der Waals surface area (Å²) < 4.78 is 1.96. The lowest BCUT2D eigenvalue weighted by atomic mass is 10.2. The van der Waals surface area contributed by atoms with Crippen LogP contribution in [0.15, 0.2) is 78.2 Å². The van der Waals surface area contributed by atoms with Gasteiger partial charge in [-0.2, -0.15) is 0 Å². The van der Waals surface area contributed by atoms with Gasteiger partial charge in [-0.3, -0.25) is 14.3 Å². The molecule has 2 heterocycles. The molecule has 0 saturated carbocycles. The van der Waals surface area contributed by atoms with Crippen molar-refractivity contribution in [2.24, 2.45) is 0 Å². The van der Waals surface area contributed by atoms with Crippen molar-refractivity contribution in [1.29, 1.82) is 0 Å². The lowest BCUT2D eigenvalue weighted by Crippen LogP contribution is -2.24. The van der Waals surface area contributed by atoms with E-state index < -0.39 is 0 Å². The minimum atomic E-state index is -0.0890. The number of thioether (sulfide) groups is 1. The Bertz CT molecular complexity index is 1180. The first-order chi connectivity index (χ1) is 15.1. The van der Waals surface area contributed by atoms with Crippen LogP contribution in [0, 0.1) is 6.92 Å². The minimum Gasteiger partial charge on any atom is -0.351 e. The van der Waals surface area contributed by atoms with Crippen molar-refractivity contribution >= 4 is 29.3 Å². The molecule has 0 aliphatic heterocycles. The molecule has 4 aromatic rings. The van der Waals surface area contributed by atoms with Crippen molar-refractivity contribution in [3.05, 3.63) is 89.2 Å². The zero-order valence-electron chi connectivity index (χ0n) is 16.8. The van der Waals surface area contributed by atoms with Crippen molar-refractivity contribution in [3.8, 4) is 17.1 Å². The second kappa shape index (κ2) is 9.76. The fourth-order valence-electron chi connectivity index (χ4n) is 3.01. The standard InChI is InChI=1S/C23H20ClN5OS/c1-16-5-7-20(8-6-16)29-22(18-9-11-25-12-10-18)27-28-23(29)31-15-21(30)26-14-17-3-2-4-19(24)13-17/h2-13H,14-15H2,1H3,(H,26,30). The fourth-order valence-corrected chi connectivity index (χ4v) is 4.00. The Balaban J connectivity index is 1.52. The Morgan fingerprint density at radius 1 is 1.06 bits per heavy atom. The number of pyridine rings is 1. The molecule has 6 nitrogen and oxygen atoms in total. The predicted molar refractivity (Wildman–Crippen MR) is 123 cm³/mol. The quantitative estimate of drug-likeness (QED) is 0.414. The van der Waals surface area contributed by atoms with Crippen molar-refractivity contribution in [2.75, 3.05) is 5.75 Å². The lowest BCUT2D eigenvalue weighted by molar-refractivity contribution is -0.118. The smallest absolute Gasteiger partial charge is 0.230 e. The third kappa shape index (κ3) is 5.31. The summed E-state index contributed by atoms with van der Waals surface area (Å²) in [5, 5.41) is 12.9. The van der Waals surface area contributed by atoms with Gasteiger partial charge in [0.05, 0.1) is 5.75 Å². The van der Waals surface area contributed by atoms with Gasteiger partial charge in [-0.15, -0.1) is 10.2 Å². The van der Waals surface area contributed by atoms with Crippen LogP contribution in [0.3, 0.4) is 0 Å². The number of hydrogen-bond acceptors (Lipinski definition) is 5. The highest BCUT2D eigenvalue weighted by molar-refractivity contribution is 7.99. The summed E-state index contributed by atoms with van der Waals surface area (Å²) in [4.78, 5) is 16.5. The molecule has 0 unspecified atom stereocenters. The van der Waals surface area contributed by atoms with E-state index in [4.69, 9.17) is 11.6 Å². The van der Waals surface area contributed by atoms with Gasteiger partial charge in [0.1, 0.15) is 0 Å². The predicted octanol–water partition coefficient (Wildman–Crippen LogP) is 4.70. The molecular formula is C23H20ClN5OS. The van der Waals surface area contributed by atoms with Gasteiger partial charge >= 0.3 is 0 Å². The summed E-state index contributed by atoms with van der Waals surface area (Å²) >= 11 is 7.34. The molecule has 0 bridgehead atoms. The largest absolute Gasteiger partial charge is 0.351 e. The molecule has 2 aromatic heterocycles. The molecular weight excluding hydrogens is 430 g/mol. The average Bonchev–Trinajstić information content (AvgIpc) is 3.21. The Labute approximate surface area is 189 Å². The van der Waals surface area contributed by atoms with E-state index in [1.807, 2.05) is 66.1 Å². The van der Waals surface area contributed by atoms with Gasteiger partial charge in [-0.25, -0.2) is 0 Å². The molecule has 1 N–H and O–H groups in total. The molecule has 0 saturated heterocycles. The topological polar surface area (TPSA) is 72.7 Å². The number of halogens is 1. The Morgan fingerprint density at radius 2 is 1.84 bits per heavy atom. The number of amides is 1. The summed E-state index contributed by atoms with van der Waals surface area (Å²) in [5.41, 5.74) is 3.95.